The van der Waals surface area contributed by atoms with Crippen LogP contribution in [0.5, 0.6) is 0 Å². The van der Waals surface area contributed by atoms with E-state index < -0.39 is 0 Å². The molecule has 6 heteroatoms. The van der Waals surface area contributed by atoms with Gasteiger partial charge >= 0.3 is 0 Å². The van der Waals surface area contributed by atoms with Crippen molar-refractivity contribution in [3.05, 3.63) is 70.2 Å². The lowest BCUT2D eigenvalue weighted by Crippen LogP contribution is -1.82. The zero-order chi connectivity index (χ0) is 18.8. The summed E-state index contributed by atoms with van der Waals surface area (Å²) in [6.45, 7) is 6.22. The molecule has 0 aliphatic carbocycles. The van der Waals surface area contributed by atoms with Crippen LogP contribution in [0.25, 0.3) is 22.0 Å². The Morgan fingerprint density at radius 2 is 1.63 bits per heavy atom. The van der Waals surface area contributed by atoms with E-state index in [9.17, 15) is 0 Å². The Balaban J connectivity index is 1.44. The summed E-state index contributed by atoms with van der Waals surface area (Å²) < 4.78 is 5.82. The molecule has 4 nitrogen and oxygen atoms in total. The molecule has 136 valence electrons. The van der Waals surface area contributed by atoms with Crippen LogP contribution in [0.1, 0.15) is 22.4 Å². The van der Waals surface area contributed by atoms with E-state index in [1.165, 1.54) is 28.5 Å². The highest BCUT2D eigenvalue weighted by Gasteiger charge is 2.11. The summed E-state index contributed by atoms with van der Waals surface area (Å²) in [5.74, 6) is 1.26. The first-order valence-electron chi connectivity index (χ1n) is 8.63. The number of hydrogen-bond acceptors (Lipinski definition) is 6. The molecule has 0 N–H and O–H groups in total. The summed E-state index contributed by atoms with van der Waals surface area (Å²) >= 11 is 3.17. The minimum atomic E-state index is 0.558. The Bertz CT molecular complexity index is 1050. The zero-order valence-electron chi connectivity index (χ0n) is 15.4. The standard InChI is InChI=1S/C21H19N3OS2/c1-13-4-6-16(7-5-13)20-22-18(11-26-20)12-27-21-24-23-19(25-21)17-9-14(2)8-15(3)10-17/h4-11H,12H2,1-3H3. The molecular formula is C21H19N3OS2. The number of thiazole rings is 1. The highest BCUT2D eigenvalue weighted by Crippen LogP contribution is 2.29. The lowest BCUT2D eigenvalue weighted by atomic mass is 10.1. The molecule has 0 bridgehead atoms. The fraction of sp³-hybridized carbons (Fsp3) is 0.190. The third-order valence-electron chi connectivity index (χ3n) is 4.07. The predicted molar refractivity (Wildman–Crippen MR) is 111 cm³/mol. The summed E-state index contributed by atoms with van der Waals surface area (Å²) in [6.07, 6.45) is 0. The monoisotopic (exact) mass is 393 g/mol. The third-order valence-corrected chi connectivity index (χ3v) is 5.86. The van der Waals surface area contributed by atoms with Crippen molar-refractivity contribution in [1.29, 1.82) is 0 Å². The number of aryl methyl sites for hydroxylation is 3. The molecule has 2 heterocycles. The molecule has 0 atom stereocenters. The van der Waals surface area contributed by atoms with Crippen molar-refractivity contribution in [2.24, 2.45) is 0 Å². The molecule has 0 spiro atoms. The predicted octanol–water partition coefficient (Wildman–Crippen LogP) is 6.08. The van der Waals surface area contributed by atoms with Crippen LogP contribution in [-0.2, 0) is 5.75 Å². The average Bonchev–Trinajstić information content (AvgIpc) is 3.29. The van der Waals surface area contributed by atoms with Crippen LogP contribution in [0.3, 0.4) is 0 Å². The maximum Gasteiger partial charge on any atom is 0.277 e. The molecule has 0 unspecified atom stereocenters. The number of hydrogen-bond donors (Lipinski definition) is 0. The van der Waals surface area contributed by atoms with Crippen molar-refractivity contribution in [2.45, 2.75) is 31.7 Å². The maximum atomic E-state index is 5.82. The number of aromatic nitrogens is 3. The first-order chi connectivity index (χ1) is 13.1. The number of nitrogens with zero attached hydrogens (tertiary/aromatic N) is 3. The molecule has 0 aliphatic rings. The summed E-state index contributed by atoms with van der Waals surface area (Å²) in [6, 6.07) is 14.7. The van der Waals surface area contributed by atoms with Gasteiger partial charge in [-0.25, -0.2) is 4.98 Å². The van der Waals surface area contributed by atoms with Gasteiger partial charge < -0.3 is 4.42 Å². The van der Waals surface area contributed by atoms with Gasteiger partial charge in [0.05, 0.1) is 5.69 Å². The number of thioether (sulfide) groups is 1. The van der Waals surface area contributed by atoms with Gasteiger partial charge in [0.2, 0.25) is 5.89 Å². The lowest BCUT2D eigenvalue weighted by Gasteiger charge is -2.00. The van der Waals surface area contributed by atoms with Gasteiger partial charge in [0.25, 0.3) is 5.22 Å². The fourth-order valence-electron chi connectivity index (χ4n) is 2.82. The van der Waals surface area contributed by atoms with Crippen LogP contribution >= 0.6 is 23.1 Å². The van der Waals surface area contributed by atoms with Gasteiger partial charge in [0.1, 0.15) is 5.01 Å². The van der Waals surface area contributed by atoms with Gasteiger partial charge in [-0.15, -0.1) is 21.5 Å². The highest BCUT2D eigenvalue weighted by atomic mass is 32.2. The van der Waals surface area contributed by atoms with E-state index >= 15 is 0 Å². The second-order valence-electron chi connectivity index (χ2n) is 6.55. The lowest BCUT2D eigenvalue weighted by molar-refractivity contribution is 0.465. The van der Waals surface area contributed by atoms with Gasteiger partial charge in [-0.3, -0.25) is 0 Å². The van der Waals surface area contributed by atoms with Crippen LogP contribution in [0.15, 0.2) is 57.5 Å². The summed E-state index contributed by atoms with van der Waals surface area (Å²) in [4.78, 5) is 4.72. The Morgan fingerprint density at radius 1 is 0.889 bits per heavy atom. The smallest absolute Gasteiger partial charge is 0.277 e. The molecule has 4 aromatic rings. The van der Waals surface area contributed by atoms with Crippen LogP contribution in [-0.4, -0.2) is 15.2 Å². The van der Waals surface area contributed by atoms with Crippen LogP contribution in [0, 0.1) is 20.8 Å². The van der Waals surface area contributed by atoms with Gasteiger partial charge in [-0.1, -0.05) is 58.8 Å². The first kappa shape index (κ1) is 17.9. The molecule has 0 saturated carbocycles. The van der Waals surface area contributed by atoms with E-state index in [4.69, 9.17) is 9.40 Å². The van der Waals surface area contributed by atoms with Crippen LogP contribution in [0.2, 0.25) is 0 Å². The van der Waals surface area contributed by atoms with E-state index in [1.807, 2.05) is 0 Å². The van der Waals surface area contributed by atoms with Crippen molar-refractivity contribution in [1.82, 2.24) is 15.2 Å². The van der Waals surface area contributed by atoms with Crippen molar-refractivity contribution < 1.29 is 4.42 Å². The first-order valence-corrected chi connectivity index (χ1v) is 10.5. The van der Waals surface area contributed by atoms with Gasteiger partial charge in [-0.2, -0.15) is 0 Å². The molecule has 0 aliphatic heterocycles. The Hall–Kier alpha value is -2.44. The highest BCUT2D eigenvalue weighted by molar-refractivity contribution is 7.98. The molecule has 4 rings (SSSR count). The summed E-state index contributed by atoms with van der Waals surface area (Å²) in [7, 11) is 0. The van der Waals surface area contributed by atoms with E-state index in [1.54, 1.807) is 11.3 Å². The second kappa shape index (κ2) is 7.66. The van der Waals surface area contributed by atoms with Gasteiger partial charge in [0, 0.05) is 22.3 Å². The molecule has 2 aromatic heterocycles. The second-order valence-corrected chi connectivity index (χ2v) is 8.33. The minimum Gasteiger partial charge on any atom is -0.411 e. The van der Waals surface area contributed by atoms with Crippen molar-refractivity contribution in [2.75, 3.05) is 0 Å². The Kier molecular flexibility index (Phi) is 5.09. The average molecular weight is 394 g/mol. The third kappa shape index (κ3) is 4.28. The Labute approximate surface area is 166 Å². The van der Waals surface area contributed by atoms with E-state index in [0.717, 1.165) is 21.8 Å². The largest absolute Gasteiger partial charge is 0.411 e. The van der Waals surface area contributed by atoms with Gasteiger partial charge in [0.15, 0.2) is 0 Å². The quantitative estimate of drug-likeness (QED) is 0.385. The summed E-state index contributed by atoms with van der Waals surface area (Å²) in [5, 5.41) is 12.0. The molecule has 27 heavy (non-hydrogen) atoms. The maximum absolute atomic E-state index is 5.82. The molecule has 0 amide bonds. The van der Waals surface area contributed by atoms with E-state index in [0.29, 0.717) is 16.9 Å². The zero-order valence-corrected chi connectivity index (χ0v) is 17.0. The van der Waals surface area contributed by atoms with Crippen molar-refractivity contribution in [3.63, 3.8) is 0 Å². The topological polar surface area (TPSA) is 51.8 Å². The number of rotatable bonds is 5. The molecule has 0 radical (unpaired) electrons. The van der Waals surface area contributed by atoms with E-state index in [-0.39, 0.29) is 0 Å². The van der Waals surface area contributed by atoms with Gasteiger partial charge in [-0.05, 0) is 32.9 Å². The minimum absolute atomic E-state index is 0.558. The Morgan fingerprint density at radius 3 is 2.37 bits per heavy atom. The summed E-state index contributed by atoms with van der Waals surface area (Å²) in [5.41, 5.74) is 6.75. The molecule has 0 saturated heterocycles. The van der Waals surface area contributed by atoms with Crippen LogP contribution in [0.4, 0.5) is 0 Å². The molecular weight excluding hydrogens is 374 g/mol. The molecule has 0 fully saturated rings. The van der Waals surface area contributed by atoms with Crippen molar-refractivity contribution in [3.8, 4) is 22.0 Å². The molecule has 2 aromatic carbocycles. The normalized spacial score (nSPS) is 11.1. The number of benzene rings is 2. The van der Waals surface area contributed by atoms with Crippen molar-refractivity contribution >= 4 is 23.1 Å². The fourth-order valence-corrected chi connectivity index (χ4v) is 4.41. The van der Waals surface area contributed by atoms with E-state index in [2.05, 4.69) is 78.8 Å². The van der Waals surface area contributed by atoms with Crippen LogP contribution < -0.4 is 0 Å². The SMILES string of the molecule is Cc1ccc(-c2nc(CSc3nnc(-c4cc(C)cc(C)c4)o3)cs2)cc1.